The highest BCUT2D eigenvalue weighted by Crippen LogP contribution is 2.28. The molecule has 0 saturated heterocycles. The van der Waals surface area contributed by atoms with E-state index < -0.39 is 53.0 Å². The fraction of sp³-hybridized carbons (Fsp3) is 0.333. The third-order valence-electron chi connectivity index (χ3n) is 5.12. The van der Waals surface area contributed by atoms with Gasteiger partial charge in [-0.05, 0) is 35.9 Å². The lowest BCUT2D eigenvalue weighted by molar-refractivity contribution is -0.151. The van der Waals surface area contributed by atoms with Crippen LogP contribution in [0.4, 0.5) is 5.69 Å². The van der Waals surface area contributed by atoms with Crippen LogP contribution >= 0.6 is 0 Å². The summed E-state index contributed by atoms with van der Waals surface area (Å²) < 4.78 is 43.2. The Morgan fingerprint density at radius 1 is 0.889 bits per heavy atom. The molecule has 2 aromatic carbocycles. The molecule has 0 aliphatic heterocycles. The van der Waals surface area contributed by atoms with E-state index in [1.165, 1.54) is 57.4 Å². The number of amides is 2. The number of carbonyl (C=O) groups is 4. The number of ether oxygens (including phenoxy) is 3. The highest BCUT2D eigenvalue weighted by Gasteiger charge is 2.38. The molecule has 0 heterocycles. The van der Waals surface area contributed by atoms with Crippen LogP contribution in [-0.4, -0.2) is 63.3 Å². The zero-order chi connectivity index (χ0) is 27.0. The second-order valence-corrected chi connectivity index (χ2v) is 9.46. The molecule has 12 heteroatoms. The number of benzene rings is 2. The first kappa shape index (κ1) is 28.5. The summed E-state index contributed by atoms with van der Waals surface area (Å²) in [7, 11) is -1.91. The smallest absolute Gasteiger partial charge is 0.327 e. The first-order chi connectivity index (χ1) is 16.9. The van der Waals surface area contributed by atoms with Crippen molar-refractivity contribution in [2.75, 3.05) is 25.7 Å². The molecule has 0 fully saturated rings. The zero-order valence-corrected chi connectivity index (χ0v) is 21.4. The Bertz CT molecular complexity index is 1210. The van der Waals surface area contributed by atoms with Crippen molar-refractivity contribution in [3.63, 3.8) is 0 Å². The number of imide groups is 1. The summed E-state index contributed by atoms with van der Waals surface area (Å²) in [5, 5.41) is 0. The fourth-order valence-electron chi connectivity index (χ4n) is 3.44. The van der Waals surface area contributed by atoms with Crippen molar-refractivity contribution < 1.29 is 41.8 Å². The van der Waals surface area contributed by atoms with E-state index in [0.717, 1.165) is 23.2 Å². The van der Waals surface area contributed by atoms with Crippen LogP contribution in [0.3, 0.4) is 0 Å². The largest absolute Gasteiger partial charge is 0.497 e. The average molecular weight is 521 g/mol. The summed E-state index contributed by atoms with van der Waals surface area (Å²) in [6, 6.07) is 10.1. The predicted molar refractivity (Wildman–Crippen MR) is 128 cm³/mol. The maximum atomic E-state index is 13.8. The van der Waals surface area contributed by atoms with Gasteiger partial charge in [0.15, 0.2) is 6.04 Å². The minimum atomic E-state index is -4.41. The third kappa shape index (κ3) is 6.67. The quantitative estimate of drug-likeness (QED) is 0.430. The summed E-state index contributed by atoms with van der Waals surface area (Å²) >= 11 is 0. The van der Waals surface area contributed by atoms with Crippen LogP contribution in [0, 0.1) is 0 Å². The molecule has 0 spiro atoms. The highest BCUT2D eigenvalue weighted by molar-refractivity contribution is 7.89. The van der Waals surface area contributed by atoms with Crippen molar-refractivity contribution in [3.8, 4) is 5.75 Å². The number of esters is 2. The van der Waals surface area contributed by atoms with Crippen molar-refractivity contribution in [1.82, 2.24) is 4.31 Å². The van der Waals surface area contributed by atoms with Crippen molar-refractivity contribution in [3.05, 3.63) is 54.1 Å². The molecule has 1 atom stereocenters. The Kier molecular flexibility index (Phi) is 9.70. The number of rotatable bonds is 10. The SMILES string of the molecule is COC(=O)C(COC(C)=O)N(Cc1ccccc1N(C(C)=O)C(C)=O)S(=O)(=O)c1ccc(OC)cc1. The van der Waals surface area contributed by atoms with Gasteiger partial charge in [0.05, 0.1) is 24.8 Å². The predicted octanol–water partition coefficient (Wildman–Crippen LogP) is 1.89. The summed E-state index contributed by atoms with van der Waals surface area (Å²) in [5.41, 5.74) is 0.389. The molecule has 1 unspecified atom stereocenters. The van der Waals surface area contributed by atoms with Gasteiger partial charge in [0, 0.05) is 27.3 Å². The van der Waals surface area contributed by atoms with Crippen molar-refractivity contribution >= 4 is 39.5 Å². The number of hydrogen-bond donors (Lipinski definition) is 0. The Morgan fingerprint density at radius 2 is 1.47 bits per heavy atom. The first-order valence-electron chi connectivity index (χ1n) is 10.7. The molecule has 0 bridgehead atoms. The van der Waals surface area contributed by atoms with E-state index in [2.05, 4.69) is 0 Å². The molecular weight excluding hydrogens is 492 g/mol. The molecule has 0 aromatic heterocycles. The van der Waals surface area contributed by atoms with E-state index in [4.69, 9.17) is 14.2 Å². The van der Waals surface area contributed by atoms with Crippen LogP contribution in [0.5, 0.6) is 5.75 Å². The van der Waals surface area contributed by atoms with Gasteiger partial charge in [0.1, 0.15) is 12.4 Å². The number of nitrogens with zero attached hydrogens (tertiary/aromatic N) is 2. The number of sulfonamides is 1. The van der Waals surface area contributed by atoms with E-state index in [-0.39, 0.29) is 16.1 Å². The van der Waals surface area contributed by atoms with Crippen LogP contribution in [0.2, 0.25) is 0 Å². The summed E-state index contributed by atoms with van der Waals surface area (Å²) in [6.07, 6.45) is 0. The monoisotopic (exact) mass is 520 g/mol. The van der Waals surface area contributed by atoms with E-state index in [1.807, 2.05) is 0 Å². The lowest BCUT2D eigenvalue weighted by atomic mass is 10.1. The molecule has 2 amide bonds. The Hall–Kier alpha value is -3.77. The molecule has 194 valence electrons. The van der Waals surface area contributed by atoms with E-state index >= 15 is 0 Å². The third-order valence-corrected chi connectivity index (χ3v) is 6.99. The van der Waals surface area contributed by atoms with Crippen LogP contribution in [0.1, 0.15) is 26.3 Å². The first-order valence-corrected chi connectivity index (χ1v) is 12.1. The van der Waals surface area contributed by atoms with Gasteiger partial charge in [0.25, 0.3) is 0 Å². The highest BCUT2D eigenvalue weighted by atomic mass is 32.2. The number of methoxy groups -OCH3 is 2. The fourth-order valence-corrected chi connectivity index (χ4v) is 4.98. The summed E-state index contributed by atoms with van der Waals surface area (Å²) in [5.74, 6) is -2.45. The van der Waals surface area contributed by atoms with Gasteiger partial charge in [-0.25, -0.2) is 8.42 Å². The molecular formula is C24H28N2O9S. The minimum absolute atomic E-state index is 0.142. The van der Waals surface area contributed by atoms with Crippen LogP contribution in [0.15, 0.2) is 53.4 Å². The standard InChI is InChI=1S/C24H28N2O9S/c1-16(27)26(17(2)28)22-9-7-6-8-19(22)14-25(23(24(30)34-5)15-35-18(3)29)36(31,32)21-12-10-20(33-4)11-13-21/h6-13,23H,14-15H2,1-5H3. The molecule has 0 saturated carbocycles. The lowest BCUT2D eigenvalue weighted by Gasteiger charge is -2.30. The van der Waals surface area contributed by atoms with Gasteiger partial charge in [-0.1, -0.05) is 18.2 Å². The van der Waals surface area contributed by atoms with Crippen LogP contribution < -0.4 is 9.64 Å². The van der Waals surface area contributed by atoms with Crippen molar-refractivity contribution in [2.45, 2.75) is 38.3 Å². The van der Waals surface area contributed by atoms with Crippen molar-refractivity contribution in [1.29, 1.82) is 0 Å². The number of para-hydroxylation sites is 1. The van der Waals surface area contributed by atoms with Crippen LogP contribution in [-0.2, 0) is 45.2 Å². The molecule has 2 rings (SSSR count). The van der Waals surface area contributed by atoms with Gasteiger partial charge in [-0.2, -0.15) is 4.31 Å². The van der Waals surface area contributed by atoms with Crippen LogP contribution in [0.25, 0.3) is 0 Å². The Balaban J connectivity index is 2.70. The minimum Gasteiger partial charge on any atom is -0.497 e. The summed E-state index contributed by atoms with van der Waals surface area (Å²) in [6.45, 7) is 2.43. The van der Waals surface area contributed by atoms with Crippen molar-refractivity contribution in [2.24, 2.45) is 0 Å². The molecule has 0 aliphatic rings. The van der Waals surface area contributed by atoms with E-state index in [0.29, 0.717) is 5.75 Å². The molecule has 0 aliphatic carbocycles. The number of hydrogen-bond acceptors (Lipinski definition) is 9. The Labute approximate surface area is 209 Å². The van der Waals surface area contributed by atoms with Gasteiger partial charge >= 0.3 is 11.9 Å². The average Bonchev–Trinajstić information content (AvgIpc) is 2.83. The normalized spacial score (nSPS) is 11.9. The lowest BCUT2D eigenvalue weighted by Crippen LogP contribution is -2.48. The van der Waals surface area contributed by atoms with E-state index in [1.54, 1.807) is 12.1 Å². The molecule has 0 radical (unpaired) electrons. The topological polar surface area (TPSA) is 137 Å². The second-order valence-electron chi connectivity index (χ2n) is 7.57. The zero-order valence-electron chi connectivity index (χ0n) is 20.6. The van der Waals surface area contributed by atoms with Gasteiger partial charge in [-0.3, -0.25) is 24.1 Å². The second kappa shape index (κ2) is 12.3. The summed E-state index contributed by atoms with van der Waals surface area (Å²) in [4.78, 5) is 49.3. The van der Waals surface area contributed by atoms with Gasteiger partial charge < -0.3 is 14.2 Å². The van der Waals surface area contributed by atoms with Gasteiger partial charge in [0.2, 0.25) is 21.8 Å². The van der Waals surface area contributed by atoms with Gasteiger partial charge in [-0.15, -0.1) is 0 Å². The maximum Gasteiger partial charge on any atom is 0.327 e. The molecule has 2 aromatic rings. The molecule has 36 heavy (non-hydrogen) atoms. The number of anilines is 1. The Morgan fingerprint density at radius 3 is 1.97 bits per heavy atom. The molecule has 11 nitrogen and oxygen atoms in total. The van der Waals surface area contributed by atoms with E-state index in [9.17, 15) is 27.6 Å². The maximum absolute atomic E-state index is 13.8. The molecule has 0 N–H and O–H groups in total. The number of carbonyl (C=O) groups excluding carboxylic acids is 4.